The molecule has 2 aliphatic carbocycles. The predicted molar refractivity (Wildman–Crippen MR) is 270 cm³/mol. The Bertz CT molecular complexity index is 2990. The fourth-order valence-electron chi connectivity index (χ4n) is 6.87. The molecular formula is C50H46N10O8S2. The first-order chi connectivity index (χ1) is 33.9. The number of aromatic nitrogens is 4. The summed E-state index contributed by atoms with van der Waals surface area (Å²) in [6.45, 7) is 2.81. The molecular weight excluding hydrogens is 933 g/mol. The van der Waals surface area contributed by atoms with Gasteiger partial charge in [0.25, 0.3) is 11.8 Å². The molecule has 0 unspecified atom stereocenters. The molecule has 4 aromatic carbocycles. The second-order valence-corrected chi connectivity index (χ2v) is 17.7. The molecule has 20 heteroatoms. The third kappa shape index (κ3) is 13.2. The van der Waals surface area contributed by atoms with Crippen LogP contribution in [0.5, 0.6) is 0 Å². The van der Waals surface area contributed by atoms with Gasteiger partial charge in [0.1, 0.15) is 22.8 Å². The summed E-state index contributed by atoms with van der Waals surface area (Å²) in [5, 5.41) is 29.3. The van der Waals surface area contributed by atoms with Gasteiger partial charge >= 0.3 is 12.1 Å². The Hall–Kier alpha value is -8.36. The highest BCUT2D eigenvalue weighted by molar-refractivity contribution is 8.04. The van der Waals surface area contributed by atoms with Crippen molar-refractivity contribution in [3.05, 3.63) is 177 Å². The number of amides is 6. The van der Waals surface area contributed by atoms with Gasteiger partial charge in [-0.1, -0.05) is 66.7 Å². The zero-order valence-electron chi connectivity index (χ0n) is 37.6. The van der Waals surface area contributed by atoms with E-state index in [4.69, 9.17) is 0 Å². The molecule has 0 atom stereocenters. The van der Waals surface area contributed by atoms with Crippen LogP contribution in [-0.2, 0) is 0 Å². The fourth-order valence-corrected chi connectivity index (χ4v) is 8.79. The number of para-hydroxylation sites is 3. The number of thioether (sulfide) groups is 2. The van der Waals surface area contributed by atoms with Crippen molar-refractivity contribution in [2.75, 3.05) is 45.9 Å². The van der Waals surface area contributed by atoms with E-state index in [9.17, 15) is 38.4 Å². The van der Waals surface area contributed by atoms with E-state index in [0.29, 0.717) is 66.6 Å². The number of H-pyrrole nitrogens is 2. The number of carbonyl (C=O) groups is 8. The fraction of sp³-hybridized carbons (Fsp3) is 0.160. The summed E-state index contributed by atoms with van der Waals surface area (Å²) in [6, 6.07) is 33.6. The first kappa shape index (κ1) is 49.5. The number of rotatable bonds is 17. The maximum absolute atomic E-state index is 13.0. The molecule has 0 spiro atoms. The summed E-state index contributed by atoms with van der Waals surface area (Å²) in [4.78, 5) is 101. The third-order valence-corrected chi connectivity index (χ3v) is 12.4. The number of allylic oxidation sites excluding steroid dienone is 4. The van der Waals surface area contributed by atoms with Crippen molar-refractivity contribution in [1.82, 2.24) is 31.0 Å². The Morgan fingerprint density at radius 2 is 0.914 bits per heavy atom. The number of unbranched alkanes of at least 4 members (excludes halogenated alkanes) is 1. The molecule has 356 valence electrons. The Morgan fingerprint density at radius 1 is 0.500 bits per heavy atom. The summed E-state index contributed by atoms with van der Waals surface area (Å²) in [6.07, 6.45) is 4.50. The van der Waals surface area contributed by atoms with Crippen molar-refractivity contribution in [3.8, 4) is 0 Å². The van der Waals surface area contributed by atoms with Gasteiger partial charge in [0.15, 0.2) is 0 Å². The second kappa shape index (κ2) is 24.1. The maximum atomic E-state index is 13.0. The lowest BCUT2D eigenvalue weighted by Crippen LogP contribution is -2.29. The van der Waals surface area contributed by atoms with Crippen molar-refractivity contribution in [3.63, 3.8) is 0 Å². The molecule has 0 saturated carbocycles. The van der Waals surface area contributed by atoms with Crippen molar-refractivity contribution in [2.45, 2.75) is 26.2 Å². The Kier molecular flexibility index (Phi) is 17.0. The van der Waals surface area contributed by atoms with E-state index in [-0.39, 0.29) is 55.8 Å². The third-order valence-electron chi connectivity index (χ3n) is 10.2. The Labute approximate surface area is 409 Å². The van der Waals surface area contributed by atoms with Crippen LogP contribution in [0.25, 0.3) is 0 Å². The predicted octanol–water partition coefficient (Wildman–Crippen LogP) is 8.44. The highest BCUT2D eigenvalue weighted by Crippen LogP contribution is 2.32. The van der Waals surface area contributed by atoms with Crippen LogP contribution in [0.15, 0.2) is 137 Å². The summed E-state index contributed by atoms with van der Waals surface area (Å²) in [7, 11) is 0. The molecule has 0 saturated heterocycles. The molecule has 0 radical (unpaired) electrons. The topological polar surface area (TPSA) is 266 Å². The van der Waals surface area contributed by atoms with Crippen molar-refractivity contribution in [2.24, 2.45) is 0 Å². The molecule has 2 aliphatic rings. The van der Waals surface area contributed by atoms with Crippen molar-refractivity contribution in [1.29, 1.82) is 0 Å². The second-order valence-electron chi connectivity index (χ2n) is 15.4. The number of hydrogen-bond acceptors (Lipinski definition) is 12. The molecule has 6 aromatic rings. The van der Waals surface area contributed by atoms with Gasteiger partial charge in [-0.2, -0.15) is 10.2 Å². The number of urea groups is 2. The number of Topliss-reactive ketones (excluding diaryl/α,β-unsaturated/α-hetero) is 2. The van der Waals surface area contributed by atoms with E-state index in [1.807, 2.05) is 55.5 Å². The number of aromatic amines is 2. The van der Waals surface area contributed by atoms with Crippen LogP contribution in [-0.4, -0.2) is 92.0 Å². The molecule has 0 bridgehead atoms. The number of nitrogens with zero attached hydrogens (tertiary/aromatic N) is 2. The largest absolute Gasteiger partial charge is 0.338 e. The van der Waals surface area contributed by atoms with Crippen LogP contribution in [0, 0.1) is 6.92 Å². The summed E-state index contributed by atoms with van der Waals surface area (Å²) in [5.41, 5.74) is 3.34. The van der Waals surface area contributed by atoms with Crippen molar-refractivity contribution >= 4 is 93.3 Å². The lowest BCUT2D eigenvalue weighted by Gasteiger charge is -2.12. The number of carbonyl (C=O) groups excluding carboxylic acids is 8. The van der Waals surface area contributed by atoms with Crippen LogP contribution >= 0.6 is 23.5 Å². The molecule has 18 nitrogen and oxygen atoms in total. The number of aryl methyl sites for hydroxylation is 1. The van der Waals surface area contributed by atoms with E-state index in [1.54, 1.807) is 66.7 Å². The lowest BCUT2D eigenvalue weighted by atomic mass is 9.99. The quantitative estimate of drug-likeness (QED) is 0.0400. The average Bonchev–Trinajstić information content (AvgIpc) is 4.02. The summed E-state index contributed by atoms with van der Waals surface area (Å²) < 4.78 is 0. The smallest absolute Gasteiger partial charge is 0.319 e. The van der Waals surface area contributed by atoms with Crippen LogP contribution in [0.3, 0.4) is 0 Å². The molecule has 8 N–H and O–H groups in total. The minimum atomic E-state index is -0.554. The average molecular weight is 979 g/mol. The minimum absolute atomic E-state index is 0.00678. The van der Waals surface area contributed by atoms with Gasteiger partial charge in [-0.05, 0) is 91.8 Å². The van der Waals surface area contributed by atoms with Gasteiger partial charge in [0.05, 0.1) is 20.9 Å². The number of nitrogens with one attached hydrogen (secondary N) is 8. The van der Waals surface area contributed by atoms with Gasteiger partial charge in [-0.15, -0.1) is 23.5 Å². The normalized spacial score (nSPS) is 12.5. The number of hydrogen-bond donors (Lipinski definition) is 8. The van der Waals surface area contributed by atoms with E-state index in [1.165, 1.54) is 35.7 Å². The van der Waals surface area contributed by atoms with Crippen LogP contribution in [0.1, 0.15) is 87.5 Å². The highest BCUT2D eigenvalue weighted by atomic mass is 32.2. The minimum Gasteiger partial charge on any atom is -0.338 e. The van der Waals surface area contributed by atoms with E-state index in [2.05, 4.69) is 52.3 Å². The van der Waals surface area contributed by atoms with Crippen LogP contribution in [0.2, 0.25) is 0 Å². The number of benzene rings is 4. The molecule has 70 heavy (non-hydrogen) atoms. The maximum Gasteiger partial charge on any atom is 0.319 e. The Balaban J connectivity index is 0.000000206. The zero-order chi connectivity index (χ0) is 49.4. The van der Waals surface area contributed by atoms with Gasteiger partial charge in [0, 0.05) is 48.0 Å². The zero-order valence-corrected chi connectivity index (χ0v) is 39.2. The van der Waals surface area contributed by atoms with E-state index in [0.717, 1.165) is 5.56 Å². The number of ketones is 4. The number of fused-ring (bicyclic) bond motifs is 2. The lowest BCUT2D eigenvalue weighted by molar-refractivity contribution is 0.0978. The van der Waals surface area contributed by atoms with Crippen LogP contribution in [0.4, 0.5) is 32.3 Å². The standard InChI is InChI=1S/2C25H23N5O4S/c1-15-7-5-10-17(13-15)28-25(34)26-11-6-12-35-19-14-18(31)21-20(23(19)32)22(30-29-21)24(33)27-16-8-3-2-4-9-16;31-18-15-19(35-14-8-7-13-26-25(34)28-17-11-5-2-6-12-17)23(32)20-21(18)29-30-22(20)24(33)27-16-9-3-1-4-10-16/h2-5,7-10,13-14H,6,11-12H2,1H3,(H,27,33)(H,29,30)(H2,26,28,34);1-6,9-12,15H,7-8,13-14H2,(H,27,33)(H,29,30)(H2,26,28,34). The van der Waals surface area contributed by atoms with E-state index < -0.39 is 34.9 Å². The van der Waals surface area contributed by atoms with E-state index >= 15 is 0 Å². The molecule has 0 fully saturated rings. The molecule has 2 heterocycles. The van der Waals surface area contributed by atoms with Crippen LogP contribution < -0.4 is 31.9 Å². The van der Waals surface area contributed by atoms with Gasteiger partial charge in [-0.25, -0.2) is 9.59 Å². The summed E-state index contributed by atoms with van der Waals surface area (Å²) in [5.74, 6) is -1.72. The monoisotopic (exact) mass is 978 g/mol. The Morgan fingerprint density at radius 3 is 1.39 bits per heavy atom. The van der Waals surface area contributed by atoms with Gasteiger partial charge in [-0.3, -0.25) is 39.0 Å². The highest BCUT2D eigenvalue weighted by Gasteiger charge is 2.35. The van der Waals surface area contributed by atoms with Gasteiger partial charge < -0.3 is 31.9 Å². The molecule has 6 amide bonds. The SMILES string of the molecule is Cc1cccc(NC(=O)NCCCSC2=CC(=O)c3n[nH]c(C(=O)Nc4ccccc4)c3C2=O)c1.O=C(NCCCCSC1=CC(=O)c2n[nH]c(C(=O)Nc3ccccc3)c2C1=O)Nc1ccccc1. The first-order valence-electron chi connectivity index (χ1n) is 21.9. The van der Waals surface area contributed by atoms with Crippen molar-refractivity contribution < 1.29 is 38.4 Å². The van der Waals surface area contributed by atoms with Gasteiger partial charge in [0.2, 0.25) is 23.1 Å². The molecule has 2 aromatic heterocycles. The summed E-state index contributed by atoms with van der Waals surface area (Å²) >= 11 is 2.45. The molecule has 0 aliphatic heterocycles. The molecule has 8 rings (SSSR count). The first-order valence-corrected chi connectivity index (χ1v) is 23.9. The number of anilines is 4.